The van der Waals surface area contributed by atoms with Crippen molar-refractivity contribution >= 4 is 23.5 Å². The third kappa shape index (κ3) is 3.87. The molecule has 1 fully saturated rings. The zero-order valence-electron chi connectivity index (χ0n) is 9.19. The van der Waals surface area contributed by atoms with Crippen LogP contribution in [0.5, 0.6) is 0 Å². The summed E-state index contributed by atoms with van der Waals surface area (Å²) in [6.07, 6.45) is 3.35. The quantitative estimate of drug-likeness (QED) is 0.806. The molecular weight excluding hydrogens is 212 g/mol. The van der Waals surface area contributed by atoms with Gasteiger partial charge in [-0.1, -0.05) is 26.8 Å². The monoisotopic (exact) mass is 232 g/mol. The molecule has 1 nitrogen and oxygen atoms in total. The average Bonchev–Trinajstić information content (AvgIpc) is 2.18. The summed E-state index contributed by atoms with van der Waals surface area (Å²) >= 11 is 3.87. The molecule has 3 heteroatoms. The largest absolute Gasteiger partial charge is 0.392 e. The van der Waals surface area contributed by atoms with Crippen LogP contribution < -0.4 is 0 Å². The van der Waals surface area contributed by atoms with E-state index < -0.39 is 0 Å². The van der Waals surface area contributed by atoms with E-state index in [1.807, 2.05) is 23.5 Å². The maximum atomic E-state index is 9.86. The van der Waals surface area contributed by atoms with Crippen molar-refractivity contribution in [3.8, 4) is 0 Å². The van der Waals surface area contributed by atoms with Crippen LogP contribution in [0.2, 0.25) is 0 Å². The van der Waals surface area contributed by atoms with Gasteiger partial charge < -0.3 is 5.11 Å². The number of hydrogen-bond acceptors (Lipinski definition) is 3. The van der Waals surface area contributed by atoms with Gasteiger partial charge in [-0.05, 0) is 23.8 Å². The Morgan fingerprint density at radius 2 is 1.79 bits per heavy atom. The zero-order valence-corrected chi connectivity index (χ0v) is 10.8. The summed E-state index contributed by atoms with van der Waals surface area (Å²) in [6, 6.07) is 0. The SMILES string of the molecule is CC(C)[C@@H](O)[C@@H](C)C=C1SCCCS1. The summed E-state index contributed by atoms with van der Waals surface area (Å²) in [7, 11) is 0. The average molecular weight is 232 g/mol. The highest BCUT2D eigenvalue weighted by Crippen LogP contribution is 2.36. The molecule has 82 valence electrons. The Hall–Kier alpha value is 0.400. The molecule has 1 saturated heterocycles. The zero-order chi connectivity index (χ0) is 10.6. The van der Waals surface area contributed by atoms with E-state index in [4.69, 9.17) is 0 Å². The molecule has 2 atom stereocenters. The maximum absolute atomic E-state index is 9.86. The molecule has 0 aromatic carbocycles. The Labute approximate surface area is 95.7 Å². The van der Waals surface area contributed by atoms with Gasteiger partial charge in [0.1, 0.15) is 0 Å². The summed E-state index contributed by atoms with van der Waals surface area (Å²) in [5, 5.41) is 9.86. The molecule has 1 aliphatic rings. The molecule has 0 saturated carbocycles. The molecule has 1 N–H and O–H groups in total. The number of thioether (sulfide) groups is 2. The molecule has 14 heavy (non-hydrogen) atoms. The number of hydrogen-bond donors (Lipinski definition) is 1. The lowest BCUT2D eigenvalue weighted by atomic mass is 9.95. The number of aliphatic hydroxyl groups excluding tert-OH is 1. The predicted molar refractivity (Wildman–Crippen MR) is 67.6 cm³/mol. The molecule has 0 spiro atoms. The Morgan fingerprint density at radius 3 is 2.29 bits per heavy atom. The summed E-state index contributed by atoms with van der Waals surface area (Å²) in [6.45, 7) is 6.25. The Morgan fingerprint density at radius 1 is 1.21 bits per heavy atom. The van der Waals surface area contributed by atoms with Crippen molar-refractivity contribution in [2.75, 3.05) is 11.5 Å². The first-order valence-corrected chi connectivity index (χ1v) is 7.24. The van der Waals surface area contributed by atoms with E-state index >= 15 is 0 Å². The normalized spacial score (nSPS) is 22.2. The van der Waals surface area contributed by atoms with Gasteiger partial charge in [0.25, 0.3) is 0 Å². The van der Waals surface area contributed by atoms with Crippen LogP contribution in [0.25, 0.3) is 0 Å². The van der Waals surface area contributed by atoms with Crippen molar-refractivity contribution in [1.29, 1.82) is 0 Å². The molecule has 1 heterocycles. The minimum Gasteiger partial charge on any atom is -0.392 e. The smallest absolute Gasteiger partial charge is 0.0623 e. The fourth-order valence-corrected chi connectivity index (χ4v) is 4.08. The van der Waals surface area contributed by atoms with E-state index in [1.165, 1.54) is 22.2 Å². The Balaban J connectivity index is 2.47. The first-order chi connectivity index (χ1) is 6.61. The lowest BCUT2D eigenvalue weighted by Crippen LogP contribution is -2.22. The highest BCUT2D eigenvalue weighted by atomic mass is 32.2. The van der Waals surface area contributed by atoms with Crippen LogP contribution in [0.4, 0.5) is 0 Å². The second-order valence-corrected chi connectivity index (χ2v) is 6.66. The molecule has 1 aliphatic heterocycles. The fraction of sp³-hybridized carbons (Fsp3) is 0.818. The molecular formula is C11H20OS2. The molecule has 0 unspecified atom stereocenters. The molecule has 0 aromatic rings. The molecule has 0 bridgehead atoms. The van der Waals surface area contributed by atoms with E-state index in [0.717, 1.165) is 0 Å². The Kier molecular flexibility index (Phi) is 5.42. The Bertz CT molecular complexity index is 193. The topological polar surface area (TPSA) is 20.2 Å². The van der Waals surface area contributed by atoms with Gasteiger partial charge in [-0.2, -0.15) is 0 Å². The maximum Gasteiger partial charge on any atom is 0.0623 e. The fourth-order valence-electron chi connectivity index (χ4n) is 1.46. The van der Waals surface area contributed by atoms with Crippen molar-refractivity contribution in [3.63, 3.8) is 0 Å². The molecule has 0 aromatic heterocycles. The van der Waals surface area contributed by atoms with Gasteiger partial charge in [-0.25, -0.2) is 0 Å². The van der Waals surface area contributed by atoms with E-state index in [2.05, 4.69) is 26.8 Å². The van der Waals surface area contributed by atoms with E-state index in [0.29, 0.717) is 5.92 Å². The second-order valence-electron chi connectivity index (χ2n) is 4.13. The van der Waals surface area contributed by atoms with Crippen molar-refractivity contribution in [2.45, 2.75) is 33.3 Å². The van der Waals surface area contributed by atoms with Gasteiger partial charge in [0.2, 0.25) is 0 Å². The summed E-state index contributed by atoms with van der Waals surface area (Å²) < 4.78 is 1.41. The van der Waals surface area contributed by atoms with Gasteiger partial charge in [0.05, 0.1) is 6.10 Å². The third-order valence-electron chi connectivity index (χ3n) is 2.40. The van der Waals surface area contributed by atoms with Gasteiger partial charge in [-0.3, -0.25) is 0 Å². The van der Waals surface area contributed by atoms with Gasteiger partial charge >= 0.3 is 0 Å². The van der Waals surface area contributed by atoms with Crippen molar-refractivity contribution in [1.82, 2.24) is 0 Å². The minimum atomic E-state index is -0.203. The highest BCUT2D eigenvalue weighted by molar-refractivity contribution is 8.22. The summed E-state index contributed by atoms with van der Waals surface area (Å²) in [5.74, 6) is 3.11. The third-order valence-corrected chi connectivity index (χ3v) is 4.93. The molecule has 0 radical (unpaired) electrons. The number of aliphatic hydroxyl groups is 1. The standard InChI is InChI=1S/C11H20OS2/c1-8(2)11(12)9(3)7-10-13-5-4-6-14-10/h7-9,11-12H,4-6H2,1-3H3/t9-,11+/m0/s1. The number of rotatable bonds is 3. The van der Waals surface area contributed by atoms with Crippen molar-refractivity contribution in [3.05, 3.63) is 10.3 Å². The van der Waals surface area contributed by atoms with Crippen LogP contribution >= 0.6 is 23.5 Å². The van der Waals surface area contributed by atoms with E-state index in [-0.39, 0.29) is 12.0 Å². The van der Waals surface area contributed by atoms with Crippen LogP contribution in [0, 0.1) is 11.8 Å². The predicted octanol–water partition coefficient (Wildman–Crippen LogP) is 3.35. The van der Waals surface area contributed by atoms with Crippen molar-refractivity contribution < 1.29 is 5.11 Å². The molecule has 0 amide bonds. The van der Waals surface area contributed by atoms with E-state index in [9.17, 15) is 5.11 Å². The summed E-state index contributed by atoms with van der Waals surface area (Å²) in [5.41, 5.74) is 0. The van der Waals surface area contributed by atoms with Crippen molar-refractivity contribution in [2.24, 2.45) is 11.8 Å². The van der Waals surface area contributed by atoms with Gasteiger partial charge in [-0.15, -0.1) is 23.5 Å². The molecule has 1 rings (SSSR count). The van der Waals surface area contributed by atoms with Crippen LogP contribution in [0.3, 0.4) is 0 Å². The lowest BCUT2D eigenvalue weighted by Gasteiger charge is -2.21. The van der Waals surface area contributed by atoms with Crippen LogP contribution in [-0.2, 0) is 0 Å². The highest BCUT2D eigenvalue weighted by Gasteiger charge is 2.17. The van der Waals surface area contributed by atoms with Crippen LogP contribution in [0.1, 0.15) is 27.2 Å². The second kappa shape index (κ2) is 6.09. The van der Waals surface area contributed by atoms with Gasteiger partial charge in [0.15, 0.2) is 0 Å². The molecule has 0 aliphatic carbocycles. The lowest BCUT2D eigenvalue weighted by molar-refractivity contribution is 0.0911. The minimum absolute atomic E-state index is 0.203. The first kappa shape index (κ1) is 12.5. The van der Waals surface area contributed by atoms with Crippen LogP contribution in [0.15, 0.2) is 10.3 Å². The van der Waals surface area contributed by atoms with Gasteiger partial charge in [0, 0.05) is 10.2 Å². The van der Waals surface area contributed by atoms with Crippen LogP contribution in [-0.4, -0.2) is 22.7 Å². The summed E-state index contributed by atoms with van der Waals surface area (Å²) in [4.78, 5) is 0. The first-order valence-electron chi connectivity index (χ1n) is 5.26. The van der Waals surface area contributed by atoms with E-state index in [1.54, 1.807) is 0 Å².